The number of piperazine rings is 1. The number of ether oxygens (including phenoxy) is 3. The maximum atomic E-state index is 13.5. The van der Waals surface area contributed by atoms with Crippen molar-refractivity contribution in [2.45, 2.75) is 26.2 Å². The molecule has 41 heavy (non-hydrogen) atoms. The lowest BCUT2D eigenvalue weighted by molar-refractivity contribution is -0.142. The summed E-state index contributed by atoms with van der Waals surface area (Å²) in [6, 6.07) is 19.5. The van der Waals surface area contributed by atoms with Crippen LogP contribution in [0.2, 0.25) is 0 Å². The van der Waals surface area contributed by atoms with Gasteiger partial charge in [-0.3, -0.25) is 4.79 Å². The summed E-state index contributed by atoms with van der Waals surface area (Å²) in [4.78, 5) is 31.9. The van der Waals surface area contributed by atoms with Crippen molar-refractivity contribution in [2.75, 3.05) is 71.0 Å². The molecule has 0 aliphatic carbocycles. The summed E-state index contributed by atoms with van der Waals surface area (Å²) in [5, 5.41) is 1.60. The van der Waals surface area contributed by atoms with Crippen molar-refractivity contribution in [1.82, 2.24) is 9.80 Å². The summed E-state index contributed by atoms with van der Waals surface area (Å²) < 4.78 is 16.3. The zero-order chi connectivity index (χ0) is 28.6. The topological polar surface area (TPSA) is 71.5 Å². The van der Waals surface area contributed by atoms with E-state index in [2.05, 4.69) is 33.6 Å². The third kappa shape index (κ3) is 7.30. The fourth-order valence-corrected chi connectivity index (χ4v) is 5.84. The number of hydrogen-bond donors (Lipinski definition) is 0. The van der Waals surface area contributed by atoms with Gasteiger partial charge in [0.25, 0.3) is 5.91 Å². The van der Waals surface area contributed by atoms with Crippen LogP contribution >= 0.6 is 0 Å². The smallest absolute Gasteiger partial charge is 0.343 e. The predicted octanol–water partition coefficient (Wildman–Crippen LogP) is 4.85. The minimum absolute atomic E-state index is 0.00289. The van der Waals surface area contributed by atoms with Gasteiger partial charge < -0.3 is 28.9 Å². The van der Waals surface area contributed by atoms with E-state index in [1.165, 1.54) is 33.0 Å². The summed E-state index contributed by atoms with van der Waals surface area (Å²) in [5.74, 6) is 1.82. The number of benzene rings is 3. The number of rotatable bonds is 10. The zero-order valence-electron chi connectivity index (χ0n) is 24.2. The molecule has 2 aliphatic heterocycles. The van der Waals surface area contributed by atoms with Crippen molar-refractivity contribution >= 4 is 28.3 Å². The normalized spacial score (nSPS) is 17.9. The summed E-state index contributed by atoms with van der Waals surface area (Å²) in [5.41, 5.74) is 1.78. The van der Waals surface area contributed by atoms with Gasteiger partial charge in [0.05, 0.1) is 13.7 Å². The number of piperidine rings is 1. The van der Waals surface area contributed by atoms with Crippen LogP contribution in [-0.4, -0.2) is 87.8 Å². The number of hydrogen-bond acceptors (Lipinski definition) is 7. The number of carbonyl (C=O) groups excluding carboxylic acids is 2. The van der Waals surface area contributed by atoms with E-state index in [1.807, 2.05) is 41.3 Å². The molecule has 2 aliphatic rings. The monoisotopic (exact) mass is 559 g/mol. The molecule has 8 nitrogen and oxygen atoms in total. The van der Waals surface area contributed by atoms with Crippen LogP contribution in [0.4, 0.5) is 5.69 Å². The number of anilines is 1. The Morgan fingerprint density at radius 3 is 2.37 bits per heavy atom. The lowest BCUT2D eigenvalue weighted by atomic mass is 10.0. The lowest BCUT2D eigenvalue weighted by Gasteiger charge is -2.36. The molecule has 0 radical (unpaired) electrons. The van der Waals surface area contributed by atoms with Crippen molar-refractivity contribution in [1.29, 1.82) is 0 Å². The minimum atomic E-state index is -0.452. The van der Waals surface area contributed by atoms with E-state index in [4.69, 9.17) is 9.47 Å². The van der Waals surface area contributed by atoms with Gasteiger partial charge in [-0.2, -0.15) is 0 Å². The van der Waals surface area contributed by atoms with Crippen LogP contribution in [0, 0.1) is 5.92 Å². The Labute approximate surface area is 242 Å². The summed E-state index contributed by atoms with van der Waals surface area (Å²) in [7, 11) is 1.33. The number of methoxy groups -OCH3 is 1. The van der Waals surface area contributed by atoms with Crippen molar-refractivity contribution in [3.63, 3.8) is 0 Å². The number of amides is 1. The molecule has 1 unspecified atom stereocenters. The number of carbonyl (C=O) groups is 2. The molecule has 2 saturated heterocycles. The maximum absolute atomic E-state index is 13.5. The Bertz CT molecular complexity index is 1320. The molecule has 2 heterocycles. The molecular formula is C33H41N3O5. The van der Waals surface area contributed by atoms with Gasteiger partial charge in [0.1, 0.15) is 11.5 Å². The summed E-state index contributed by atoms with van der Waals surface area (Å²) in [6.07, 6.45) is 3.71. The Morgan fingerprint density at radius 2 is 1.63 bits per heavy atom. The molecule has 5 rings (SSSR count). The molecule has 1 atom stereocenters. The Morgan fingerprint density at radius 1 is 0.878 bits per heavy atom. The molecule has 1 amide bonds. The largest absolute Gasteiger partial charge is 0.494 e. The first-order chi connectivity index (χ1) is 20.0. The van der Waals surface area contributed by atoms with Crippen LogP contribution in [0.5, 0.6) is 11.5 Å². The van der Waals surface area contributed by atoms with Crippen LogP contribution in [0.1, 0.15) is 36.5 Å². The predicted molar refractivity (Wildman–Crippen MR) is 161 cm³/mol. The second kappa shape index (κ2) is 13.7. The van der Waals surface area contributed by atoms with Crippen LogP contribution < -0.4 is 14.4 Å². The van der Waals surface area contributed by atoms with Gasteiger partial charge in [0.2, 0.25) is 0 Å². The van der Waals surface area contributed by atoms with Gasteiger partial charge in [0, 0.05) is 55.9 Å². The maximum Gasteiger partial charge on any atom is 0.343 e. The second-order valence-electron chi connectivity index (χ2n) is 11.0. The van der Waals surface area contributed by atoms with E-state index in [1.54, 1.807) is 12.1 Å². The number of esters is 1. The van der Waals surface area contributed by atoms with E-state index in [0.717, 1.165) is 60.8 Å². The number of nitrogens with zero attached hydrogens (tertiary/aromatic N) is 3. The first-order valence-electron chi connectivity index (χ1n) is 14.7. The highest BCUT2D eigenvalue weighted by molar-refractivity contribution is 6.08. The van der Waals surface area contributed by atoms with Gasteiger partial charge >= 0.3 is 5.97 Å². The molecule has 218 valence electrons. The zero-order valence-corrected chi connectivity index (χ0v) is 24.2. The fourth-order valence-electron chi connectivity index (χ4n) is 5.84. The number of fused-ring (bicyclic) bond motifs is 1. The molecule has 8 heteroatoms. The molecule has 3 aromatic carbocycles. The first-order valence-corrected chi connectivity index (χ1v) is 14.7. The average molecular weight is 560 g/mol. The highest BCUT2D eigenvalue weighted by Gasteiger charge is 2.24. The minimum Gasteiger partial charge on any atom is -0.494 e. The van der Waals surface area contributed by atoms with E-state index in [9.17, 15) is 9.59 Å². The Balaban J connectivity index is 1.12. The highest BCUT2D eigenvalue weighted by atomic mass is 16.6. The average Bonchev–Trinajstić information content (AvgIpc) is 3.02. The van der Waals surface area contributed by atoms with Crippen molar-refractivity contribution in [2.24, 2.45) is 5.92 Å². The SMILES string of the molecule is COC(=O)COc1ccc(C(=O)N2CCN(c3ccc(OCCCN4CCCC(C)C4)cc3)CC2)c2ccccc12. The highest BCUT2D eigenvalue weighted by Crippen LogP contribution is 2.30. The molecule has 0 saturated carbocycles. The van der Waals surface area contributed by atoms with Crippen LogP contribution in [0.15, 0.2) is 60.7 Å². The number of likely N-dealkylation sites (tertiary alicyclic amines) is 1. The van der Waals surface area contributed by atoms with Crippen LogP contribution in [0.25, 0.3) is 10.8 Å². The lowest BCUT2D eigenvalue weighted by Crippen LogP contribution is -2.48. The Kier molecular flexibility index (Phi) is 9.62. The summed E-state index contributed by atoms with van der Waals surface area (Å²) >= 11 is 0. The Hall–Kier alpha value is -3.78. The first kappa shape index (κ1) is 28.7. The third-order valence-corrected chi connectivity index (χ3v) is 8.08. The molecule has 0 N–H and O–H groups in total. The van der Waals surface area contributed by atoms with E-state index in [-0.39, 0.29) is 12.5 Å². The van der Waals surface area contributed by atoms with Gasteiger partial charge in [-0.1, -0.05) is 31.2 Å². The molecular weight excluding hydrogens is 518 g/mol. The van der Waals surface area contributed by atoms with Crippen LogP contribution in [-0.2, 0) is 9.53 Å². The fraction of sp³-hybridized carbons (Fsp3) is 0.455. The van der Waals surface area contributed by atoms with Crippen molar-refractivity contribution < 1.29 is 23.8 Å². The quantitative estimate of drug-likeness (QED) is 0.260. The van der Waals surface area contributed by atoms with Gasteiger partial charge in [-0.05, 0) is 73.5 Å². The molecule has 0 aromatic heterocycles. The molecule has 2 fully saturated rings. The van der Waals surface area contributed by atoms with Gasteiger partial charge in [-0.25, -0.2) is 4.79 Å². The standard InChI is InChI=1S/C33H41N3O5/c1-25-7-5-16-34(23-25)17-6-22-40-27-12-10-26(11-13-27)35-18-20-36(21-19-35)33(38)30-14-15-31(41-24-32(37)39-2)29-9-4-3-8-28(29)30/h3-4,8-15,25H,5-7,16-24H2,1-2H3. The molecule has 3 aromatic rings. The van der Waals surface area contributed by atoms with E-state index < -0.39 is 5.97 Å². The molecule has 0 bridgehead atoms. The van der Waals surface area contributed by atoms with E-state index in [0.29, 0.717) is 24.4 Å². The van der Waals surface area contributed by atoms with E-state index >= 15 is 0 Å². The summed E-state index contributed by atoms with van der Waals surface area (Å²) in [6.45, 7) is 9.24. The van der Waals surface area contributed by atoms with Crippen molar-refractivity contribution in [3.8, 4) is 11.5 Å². The molecule has 0 spiro atoms. The second-order valence-corrected chi connectivity index (χ2v) is 11.0. The third-order valence-electron chi connectivity index (χ3n) is 8.08. The van der Waals surface area contributed by atoms with Crippen molar-refractivity contribution in [3.05, 3.63) is 66.2 Å². The van der Waals surface area contributed by atoms with Gasteiger partial charge in [-0.15, -0.1) is 0 Å². The van der Waals surface area contributed by atoms with Crippen LogP contribution in [0.3, 0.4) is 0 Å². The van der Waals surface area contributed by atoms with Gasteiger partial charge in [0.15, 0.2) is 6.61 Å².